The monoisotopic (exact) mass is 273 g/mol. The summed E-state index contributed by atoms with van der Waals surface area (Å²) in [6, 6.07) is 8.80. The van der Waals surface area contributed by atoms with E-state index in [-0.39, 0.29) is 6.54 Å². The lowest BCUT2D eigenvalue weighted by atomic mass is 10.3. The first-order chi connectivity index (χ1) is 9.28. The molecule has 6 heteroatoms. The van der Waals surface area contributed by atoms with Crippen LogP contribution in [0.5, 0.6) is 5.75 Å². The topological polar surface area (TPSA) is 77.2 Å². The highest BCUT2D eigenvalue weighted by atomic mass is 32.1. The number of nitrogens with two attached hydrogens (primary N) is 1. The van der Waals surface area contributed by atoms with Gasteiger partial charge in [-0.05, 0) is 12.1 Å². The molecule has 19 heavy (non-hydrogen) atoms. The van der Waals surface area contributed by atoms with Crippen LogP contribution in [0.4, 0.5) is 9.93 Å². The summed E-state index contributed by atoms with van der Waals surface area (Å²) < 4.78 is 5.07. The Labute approximate surface area is 114 Å². The largest absolute Gasteiger partial charge is 0.418 e. The minimum absolute atomic E-state index is 0.288. The molecule has 3 N–H and O–H groups in total. The van der Waals surface area contributed by atoms with E-state index < -0.39 is 6.09 Å². The molecule has 0 atom stereocenters. The number of carbonyl (C=O) groups is 1. The van der Waals surface area contributed by atoms with Crippen molar-refractivity contribution in [2.24, 2.45) is 5.73 Å². The highest BCUT2D eigenvalue weighted by Crippen LogP contribution is 2.17. The molecule has 0 aliphatic carbocycles. The van der Waals surface area contributed by atoms with Crippen molar-refractivity contribution in [3.63, 3.8) is 0 Å². The Morgan fingerprint density at radius 1 is 1.42 bits per heavy atom. The van der Waals surface area contributed by atoms with Gasteiger partial charge in [0.15, 0.2) is 5.13 Å². The molecule has 1 heterocycles. The van der Waals surface area contributed by atoms with E-state index in [2.05, 4.69) is 22.1 Å². The fourth-order valence-corrected chi connectivity index (χ4v) is 1.91. The summed E-state index contributed by atoms with van der Waals surface area (Å²) in [6.07, 6.45) is 0.990. The van der Waals surface area contributed by atoms with Crippen molar-refractivity contribution in [1.29, 1.82) is 0 Å². The van der Waals surface area contributed by atoms with Gasteiger partial charge in [-0.15, -0.1) is 0 Å². The van der Waals surface area contributed by atoms with Crippen LogP contribution in [0, 0.1) is 11.8 Å². The highest BCUT2D eigenvalue weighted by molar-refractivity contribution is 7.16. The molecule has 1 amide bonds. The number of amides is 1. The summed E-state index contributed by atoms with van der Waals surface area (Å²) in [5, 5.41) is 2.97. The molecular weight excluding hydrogens is 262 g/mol. The van der Waals surface area contributed by atoms with E-state index in [0.29, 0.717) is 10.9 Å². The fraction of sp³-hybridized carbons (Fsp3) is 0.0769. The van der Waals surface area contributed by atoms with Crippen LogP contribution in [-0.4, -0.2) is 17.6 Å². The van der Waals surface area contributed by atoms with Gasteiger partial charge in [-0.2, -0.15) is 0 Å². The quantitative estimate of drug-likeness (QED) is 0.821. The number of para-hydroxylation sites is 1. The summed E-state index contributed by atoms with van der Waals surface area (Å²) in [6.45, 7) is 0.288. The van der Waals surface area contributed by atoms with Crippen molar-refractivity contribution < 1.29 is 9.53 Å². The first kappa shape index (κ1) is 13.1. The van der Waals surface area contributed by atoms with E-state index in [1.165, 1.54) is 11.3 Å². The van der Waals surface area contributed by atoms with Crippen LogP contribution in [0.1, 0.15) is 4.88 Å². The van der Waals surface area contributed by atoms with Crippen molar-refractivity contribution in [3.8, 4) is 17.6 Å². The third-order valence-corrected chi connectivity index (χ3v) is 2.81. The van der Waals surface area contributed by atoms with Gasteiger partial charge in [0.1, 0.15) is 5.75 Å². The average Bonchev–Trinajstić information content (AvgIpc) is 2.85. The Bertz CT molecular complexity index is 614. The Morgan fingerprint density at radius 2 is 2.21 bits per heavy atom. The van der Waals surface area contributed by atoms with Crippen molar-refractivity contribution in [2.75, 3.05) is 11.9 Å². The molecule has 0 unspecified atom stereocenters. The first-order valence-electron chi connectivity index (χ1n) is 5.46. The lowest BCUT2D eigenvalue weighted by Crippen LogP contribution is -2.16. The molecule has 96 valence electrons. The molecule has 0 aliphatic rings. The Morgan fingerprint density at radius 3 is 2.95 bits per heavy atom. The molecule has 0 radical (unpaired) electrons. The average molecular weight is 273 g/mol. The van der Waals surface area contributed by atoms with Crippen molar-refractivity contribution in [1.82, 2.24) is 4.98 Å². The van der Waals surface area contributed by atoms with Crippen molar-refractivity contribution >= 4 is 22.6 Å². The van der Waals surface area contributed by atoms with Crippen LogP contribution in [-0.2, 0) is 0 Å². The molecule has 0 bridgehead atoms. The van der Waals surface area contributed by atoms with Crippen molar-refractivity contribution in [2.45, 2.75) is 0 Å². The minimum atomic E-state index is -0.584. The van der Waals surface area contributed by atoms with E-state index >= 15 is 0 Å². The summed E-state index contributed by atoms with van der Waals surface area (Å²) in [5.41, 5.74) is 5.27. The number of anilines is 1. The van der Waals surface area contributed by atoms with E-state index in [1.54, 1.807) is 30.5 Å². The number of ether oxygens (including phenoxy) is 1. The maximum absolute atomic E-state index is 11.6. The van der Waals surface area contributed by atoms with Gasteiger partial charge in [-0.25, -0.2) is 9.78 Å². The van der Waals surface area contributed by atoms with Gasteiger partial charge in [-0.3, -0.25) is 5.32 Å². The van der Waals surface area contributed by atoms with E-state index in [1.807, 2.05) is 6.07 Å². The summed E-state index contributed by atoms with van der Waals surface area (Å²) >= 11 is 1.26. The number of rotatable bonds is 2. The number of carbonyl (C=O) groups excluding carboxylic acids is 1. The minimum Gasteiger partial charge on any atom is -0.410 e. The number of nitrogens with one attached hydrogen (secondary N) is 1. The van der Waals surface area contributed by atoms with E-state index in [9.17, 15) is 4.79 Å². The van der Waals surface area contributed by atoms with Crippen LogP contribution in [0.15, 0.2) is 36.5 Å². The zero-order chi connectivity index (χ0) is 13.5. The summed E-state index contributed by atoms with van der Waals surface area (Å²) in [4.78, 5) is 16.3. The summed E-state index contributed by atoms with van der Waals surface area (Å²) in [7, 11) is 0. The maximum atomic E-state index is 11.6. The van der Waals surface area contributed by atoms with Crippen LogP contribution < -0.4 is 15.8 Å². The standard InChI is InChI=1S/C13H11N3O2S/c14-8-4-7-11-9-15-12(19-11)16-13(17)18-10-5-2-1-3-6-10/h1-3,5-6,9H,8,14H2,(H,15,16,17). The maximum Gasteiger partial charge on any atom is 0.418 e. The lowest BCUT2D eigenvalue weighted by Gasteiger charge is -2.03. The van der Waals surface area contributed by atoms with Crippen LogP contribution >= 0.6 is 11.3 Å². The Kier molecular flexibility index (Phi) is 4.50. The Hall–Kier alpha value is -2.36. The number of hydrogen-bond acceptors (Lipinski definition) is 5. The Balaban J connectivity index is 1.94. The normalized spacial score (nSPS) is 9.32. The third kappa shape index (κ3) is 4.10. The summed E-state index contributed by atoms with van der Waals surface area (Å²) in [5.74, 6) is 6.02. The molecule has 0 spiro atoms. The second kappa shape index (κ2) is 6.54. The molecular formula is C13H11N3O2S. The molecule has 0 fully saturated rings. The number of aromatic nitrogens is 1. The number of nitrogens with zero attached hydrogens (tertiary/aromatic N) is 1. The SMILES string of the molecule is NCC#Cc1cnc(NC(=O)Oc2ccccc2)s1. The second-order valence-corrected chi connectivity index (χ2v) is 4.39. The van der Waals surface area contributed by atoms with Crippen LogP contribution in [0.2, 0.25) is 0 Å². The molecule has 1 aromatic heterocycles. The number of hydrogen-bond donors (Lipinski definition) is 2. The molecule has 2 rings (SSSR count). The predicted octanol–water partition coefficient (Wildman–Crippen LogP) is 2.06. The van der Waals surface area contributed by atoms with Crippen molar-refractivity contribution in [3.05, 3.63) is 41.4 Å². The smallest absolute Gasteiger partial charge is 0.410 e. The van der Waals surface area contributed by atoms with Crippen LogP contribution in [0.3, 0.4) is 0 Å². The van der Waals surface area contributed by atoms with Gasteiger partial charge in [0.25, 0.3) is 0 Å². The van der Waals surface area contributed by atoms with Crippen LogP contribution in [0.25, 0.3) is 0 Å². The zero-order valence-corrected chi connectivity index (χ0v) is 10.7. The second-order valence-electron chi connectivity index (χ2n) is 3.36. The molecule has 0 saturated heterocycles. The predicted molar refractivity (Wildman–Crippen MR) is 74.1 cm³/mol. The van der Waals surface area contributed by atoms with Gasteiger partial charge < -0.3 is 10.5 Å². The van der Waals surface area contributed by atoms with E-state index in [4.69, 9.17) is 10.5 Å². The van der Waals surface area contributed by atoms with Gasteiger partial charge in [0.05, 0.1) is 17.6 Å². The number of benzene rings is 1. The highest BCUT2D eigenvalue weighted by Gasteiger charge is 2.07. The zero-order valence-electron chi connectivity index (χ0n) is 9.92. The first-order valence-corrected chi connectivity index (χ1v) is 6.28. The van der Waals surface area contributed by atoms with Gasteiger partial charge >= 0.3 is 6.09 Å². The fourth-order valence-electron chi connectivity index (χ4n) is 1.24. The molecule has 5 nitrogen and oxygen atoms in total. The molecule has 2 aromatic rings. The molecule has 0 aliphatic heterocycles. The molecule has 1 aromatic carbocycles. The lowest BCUT2D eigenvalue weighted by molar-refractivity contribution is 0.215. The molecule has 0 saturated carbocycles. The van der Waals surface area contributed by atoms with Gasteiger partial charge in [0, 0.05) is 0 Å². The third-order valence-electron chi connectivity index (χ3n) is 1.98. The number of thiazole rings is 1. The van der Waals surface area contributed by atoms with Gasteiger partial charge in [0.2, 0.25) is 0 Å². The van der Waals surface area contributed by atoms with E-state index in [0.717, 1.165) is 4.88 Å². The van der Waals surface area contributed by atoms with Gasteiger partial charge in [-0.1, -0.05) is 41.4 Å².